The van der Waals surface area contributed by atoms with Crippen LogP contribution in [-0.4, -0.2) is 221 Å². The van der Waals surface area contributed by atoms with Gasteiger partial charge < -0.3 is 77.6 Å². The van der Waals surface area contributed by atoms with Crippen LogP contribution in [0.3, 0.4) is 0 Å². The van der Waals surface area contributed by atoms with Crippen molar-refractivity contribution in [2.75, 3.05) is 110 Å². The Morgan fingerprint density at radius 2 is 0.700 bits per heavy atom. The Hall–Kier alpha value is -6.70. The molecule has 0 aliphatic rings. The number of nitrogens with one attached hydrogen (secondary N) is 5. The Kier molecular flexibility index (Phi) is 39.0. The molecule has 5 rings (SSSR count). The summed E-state index contributed by atoms with van der Waals surface area (Å²) in [6, 6.07) is 26.8. The van der Waals surface area contributed by atoms with Crippen LogP contribution in [-0.2, 0) is 80.8 Å². The first kappa shape index (κ1) is 91.3. The molecule has 5 aromatic carbocycles. The number of hydrogen-bond donors (Lipinski definition) is 20. The van der Waals surface area contributed by atoms with E-state index < -0.39 is 124 Å². The van der Waals surface area contributed by atoms with E-state index in [1.807, 2.05) is 0 Å². The topological polar surface area (TPSA) is 637 Å². The summed E-state index contributed by atoms with van der Waals surface area (Å²) in [6.07, 6.45) is 0. The highest BCUT2D eigenvalue weighted by molar-refractivity contribution is 8.00. The number of carbonyl (C=O) groups is 5. The first-order valence-electron chi connectivity index (χ1n) is 28.7. The maximum absolute atomic E-state index is 11.9. The molecule has 5 amide bonds. The number of hydrogen-bond acceptors (Lipinski definition) is 27. The second-order valence-corrected chi connectivity index (χ2v) is 31.7. The molecule has 0 atom stereocenters. The molecule has 0 unspecified atom stereocenters. The zero-order chi connectivity index (χ0) is 76.5. The molecule has 0 saturated carbocycles. The molecule has 560 valence electrons. The minimum atomic E-state index is -4.24. The number of amides is 5. The molecule has 42 heteroatoms. The average molecular weight is 1550 g/mol. The van der Waals surface area contributed by atoms with E-state index in [9.17, 15) is 66.1 Å². The third kappa shape index (κ3) is 32.5. The predicted molar refractivity (Wildman–Crippen MR) is 369 cm³/mol. The molecule has 0 aromatic heterocycles. The van der Waals surface area contributed by atoms with Gasteiger partial charge in [-0.15, -0.1) is 0 Å². The van der Waals surface area contributed by atoms with Crippen LogP contribution in [0.4, 0.5) is 22.7 Å². The number of rotatable bonds is 32. The molecule has 100 heavy (non-hydrogen) atoms. The van der Waals surface area contributed by atoms with Crippen LogP contribution in [0, 0.1) is 28.1 Å². The molecule has 0 radical (unpaired) electrons. The van der Waals surface area contributed by atoms with E-state index in [-0.39, 0.29) is 98.3 Å². The highest BCUT2D eigenvalue weighted by Gasteiger charge is 2.34. The molecule has 0 saturated heterocycles. The van der Waals surface area contributed by atoms with E-state index in [1.54, 1.807) is 0 Å². The number of para-hydroxylation sites is 1. The first-order valence-corrected chi connectivity index (χ1v) is 38.5. The maximum Gasteiger partial charge on any atom is 0.294 e. The molecule has 5 aromatic rings. The van der Waals surface area contributed by atoms with Crippen LogP contribution in [0.5, 0.6) is 0 Å². The van der Waals surface area contributed by atoms with E-state index in [0.29, 0.717) is 34.1 Å². The molecular weight excluding hydrogens is 1470 g/mol. The van der Waals surface area contributed by atoms with Crippen LogP contribution >= 0.6 is 23.5 Å². The van der Waals surface area contributed by atoms with Crippen molar-refractivity contribution < 1.29 is 126 Å². The van der Waals surface area contributed by atoms with Crippen molar-refractivity contribution >= 4 is 126 Å². The molecule has 0 spiro atoms. The number of aliphatic hydroxyl groups excluding tert-OH is 10. The minimum Gasteiger partial charge on any atom is -0.396 e. The van der Waals surface area contributed by atoms with Crippen molar-refractivity contribution in [1.82, 2.24) is 5.32 Å². The second-order valence-electron chi connectivity index (χ2n) is 22.1. The highest BCUT2D eigenvalue weighted by atomic mass is 32.2. The Labute approximate surface area is 586 Å². The van der Waals surface area contributed by atoms with Crippen LogP contribution in [0.1, 0.15) is 26.3 Å². The van der Waals surface area contributed by atoms with Gasteiger partial charge in [0.05, 0.1) is 92.7 Å². The zero-order valence-corrected chi connectivity index (χ0v) is 59.6. The summed E-state index contributed by atoms with van der Waals surface area (Å²) in [4.78, 5) is 57.9. The van der Waals surface area contributed by atoms with Gasteiger partial charge in [0.1, 0.15) is 4.90 Å². The lowest BCUT2D eigenvalue weighted by Crippen LogP contribution is -2.43. The fourth-order valence-electron chi connectivity index (χ4n) is 6.65. The zero-order valence-electron chi connectivity index (χ0n) is 53.9. The Balaban J connectivity index is 0.000000625. The van der Waals surface area contributed by atoms with Gasteiger partial charge >= 0.3 is 0 Å². The lowest BCUT2D eigenvalue weighted by Gasteiger charge is -2.23. The number of primary sulfonamides is 3. The van der Waals surface area contributed by atoms with Gasteiger partial charge in [-0.1, -0.05) is 24.3 Å². The van der Waals surface area contributed by atoms with Crippen molar-refractivity contribution in [2.24, 2.45) is 43.5 Å². The van der Waals surface area contributed by atoms with E-state index in [0.717, 1.165) is 0 Å². The highest BCUT2D eigenvalue weighted by Crippen LogP contribution is 2.25. The molecule has 0 fully saturated rings. The summed E-state index contributed by atoms with van der Waals surface area (Å²) < 4.78 is 128. The van der Waals surface area contributed by atoms with Crippen molar-refractivity contribution in [3.05, 3.63) is 127 Å². The molecule has 0 heterocycles. The van der Waals surface area contributed by atoms with Gasteiger partial charge in [-0.2, -0.15) is 40.4 Å². The number of anilines is 4. The van der Waals surface area contributed by atoms with Gasteiger partial charge in [-0.05, 0) is 123 Å². The van der Waals surface area contributed by atoms with Crippen molar-refractivity contribution in [3.63, 3.8) is 0 Å². The standard InChI is InChI=1S/C12H18N2O5S.2C12H17NO6S2.2C11H16N2O5S/c1-12(7-15,8-16)11(17)14-6-9-2-4-10(5-3-9)20(13,18)19;2*14-5-9(6-15)7-20-8-12(16)13-10-1-3-11(4-2-10)21(17,18)19;1-11(6-14,7-15)10(16)13-8-2-4-9(5-3-8)19(12,17)18;1-11(6-14,7-15)10(16)13-8-4-2-3-5-9(8)19(12,17)18/h2-5,15-16H,6-8H2,1H3,(H,14,17)(H2,13,18,19);2*1-4,9,14-15H,5-8H2,(H,13,16)(H,17,18,19);2*2-5,14-15H,6-7H2,1H3,(H,13,16)(H2,12,17,18). The van der Waals surface area contributed by atoms with Gasteiger partial charge in [0, 0.05) is 73.4 Å². The fourth-order valence-corrected chi connectivity index (χ4v) is 11.2. The SMILES string of the molecule is CC(CO)(CO)C(=O)NCc1ccc(S(N)(=O)=O)cc1.CC(CO)(CO)C(=O)Nc1ccc(S(N)(=O)=O)cc1.CC(CO)(CO)C(=O)Nc1ccccc1S(N)(=O)=O.O=C(CSCC(CO)CO)Nc1ccc(S(=O)(=O)O)cc1.O=C(CSCC(CO)CO)Nc1ccc(S(=O)(=O)O)cc1. The second kappa shape index (κ2) is 42.7. The van der Waals surface area contributed by atoms with E-state index >= 15 is 0 Å². The average Bonchev–Trinajstić information content (AvgIpc) is 0.847. The minimum absolute atomic E-state index is 0.00289. The van der Waals surface area contributed by atoms with Gasteiger partial charge in [-0.3, -0.25) is 33.1 Å². The van der Waals surface area contributed by atoms with Crippen molar-refractivity contribution in [3.8, 4) is 0 Å². The largest absolute Gasteiger partial charge is 0.396 e. The van der Waals surface area contributed by atoms with Gasteiger partial charge in [0.15, 0.2) is 0 Å². The van der Waals surface area contributed by atoms with Gasteiger partial charge in [0.2, 0.25) is 59.6 Å². The lowest BCUT2D eigenvalue weighted by molar-refractivity contribution is -0.135. The van der Waals surface area contributed by atoms with E-state index in [4.69, 9.17) is 75.6 Å². The number of nitrogens with two attached hydrogens (primary N) is 3. The van der Waals surface area contributed by atoms with E-state index in [2.05, 4.69) is 26.6 Å². The normalized spacial score (nSPS) is 12.0. The maximum atomic E-state index is 11.9. The predicted octanol–water partition coefficient (Wildman–Crippen LogP) is -2.12. The summed E-state index contributed by atoms with van der Waals surface area (Å²) in [6.45, 7) is 0.678. The number of thioether (sulfide) groups is 2. The summed E-state index contributed by atoms with van der Waals surface area (Å²) in [7, 11) is -20.0. The Morgan fingerprint density at radius 1 is 0.400 bits per heavy atom. The molecular formula is C58H84N8O27S7. The fraction of sp³-hybridized carbons (Fsp3) is 0.397. The first-order chi connectivity index (χ1) is 46.4. The third-order valence-corrected chi connectivity index (χ3v) is 20.3. The van der Waals surface area contributed by atoms with Crippen LogP contribution in [0.2, 0.25) is 0 Å². The summed E-state index contributed by atoms with van der Waals surface area (Å²) in [5.74, 6) is -1.61. The number of carbonyl (C=O) groups excluding carboxylic acids is 5. The molecule has 0 aliphatic carbocycles. The van der Waals surface area contributed by atoms with Gasteiger partial charge in [-0.25, -0.2) is 40.7 Å². The van der Waals surface area contributed by atoms with Crippen molar-refractivity contribution in [2.45, 2.75) is 51.8 Å². The molecule has 0 bridgehead atoms. The smallest absolute Gasteiger partial charge is 0.294 e. The summed E-state index contributed by atoms with van der Waals surface area (Å²) in [5, 5.41) is 117. The molecule has 23 N–H and O–H groups in total. The Morgan fingerprint density at radius 3 is 1.01 bits per heavy atom. The summed E-state index contributed by atoms with van der Waals surface area (Å²) >= 11 is 2.55. The van der Waals surface area contributed by atoms with E-state index in [1.165, 1.54) is 166 Å². The lowest BCUT2D eigenvalue weighted by atomic mass is 9.92. The molecule has 0 aliphatic heterocycles. The van der Waals surface area contributed by atoms with Crippen molar-refractivity contribution in [1.29, 1.82) is 0 Å². The molecule has 35 nitrogen and oxygen atoms in total. The number of aliphatic hydroxyl groups is 10. The number of sulfonamides is 3. The van der Waals surface area contributed by atoms with Gasteiger partial charge in [0.25, 0.3) is 20.2 Å². The van der Waals surface area contributed by atoms with Crippen LogP contribution in [0.15, 0.2) is 146 Å². The summed E-state index contributed by atoms with van der Waals surface area (Å²) in [5.41, 5.74) is -2.13. The monoisotopic (exact) mass is 1550 g/mol. The third-order valence-electron chi connectivity index (χ3n) is 13.4. The quantitative estimate of drug-likeness (QED) is 0.0205. The van der Waals surface area contributed by atoms with Crippen LogP contribution in [0.25, 0.3) is 0 Å². The Bertz CT molecular complexity index is 3890. The van der Waals surface area contributed by atoms with Crippen LogP contribution < -0.4 is 42.0 Å². The number of benzene rings is 5.